The number of halogens is 4. The Bertz CT molecular complexity index is 1060. The van der Waals surface area contributed by atoms with Gasteiger partial charge in [-0.3, -0.25) is 9.69 Å². The summed E-state index contributed by atoms with van der Waals surface area (Å²) in [5.41, 5.74) is 1.64. The second kappa shape index (κ2) is 9.23. The van der Waals surface area contributed by atoms with E-state index in [9.17, 15) is 18.0 Å². The summed E-state index contributed by atoms with van der Waals surface area (Å²) in [6.45, 7) is 3.08. The van der Waals surface area contributed by atoms with Gasteiger partial charge in [0.25, 0.3) is 0 Å². The van der Waals surface area contributed by atoms with E-state index < -0.39 is 11.7 Å². The van der Waals surface area contributed by atoms with Gasteiger partial charge in [-0.25, -0.2) is 4.98 Å². The number of amides is 1. The van der Waals surface area contributed by atoms with Gasteiger partial charge < -0.3 is 9.80 Å². The zero-order valence-corrected chi connectivity index (χ0v) is 19.4. The van der Waals surface area contributed by atoms with Gasteiger partial charge in [-0.2, -0.15) is 13.2 Å². The maximum Gasteiger partial charge on any atom is 0.417 e. The first-order valence-electron chi connectivity index (χ1n) is 11.5. The number of likely N-dealkylation sites (tertiary alicyclic amines) is 1. The Morgan fingerprint density at radius 1 is 1.06 bits per heavy atom. The van der Waals surface area contributed by atoms with Crippen LogP contribution in [0.2, 0.25) is 5.02 Å². The van der Waals surface area contributed by atoms with E-state index in [0.29, 0.717) is 43.6 Å². The van der Waals surface area contributed by atoms with Crippen molar-refractivity contribution < 1.29 is 18.0 Å². The Labute approximate surface area is 201 Å². The normalized spacial score (nSPS) is 23.2. The maximum atomic E-state index is 13.0. The van der Waals surface area contributed by atoms with Crippen molar-refractivity contribution in [3.63, 3.8) is 0 Å². The Balaban J connectivity index is 1.17. The minimum atomic E-state index is -4.39. The van der Waals surface area contributed by atoms with Crippen LogP contribution in [0.3, 0.4) is 0 Å². The fourth-order valence-electron chi connectivity index (χ4n) is 5.31. The lowest BCUT2D eigenvalue weighted by Gasteiger charge is -2.42. The first-order valence-corrected chi connectivity index (χ1v) is 11.9. The summed E-state index contributed by atoms with van der Waals surface area (Å²) in [4.78, 5) is 23.3. The van der Waals surface area contributed by atoms with Gasteiger partial charge in [-0.1, -0.05) is 29.8 Å². The average Bonchev–Trinajstić information content (AvgIpc) is 3.09. The number of hydrogen-bond acceptors (Lipinski definition) is 4. The first kappa shape index (κ1) is 23.2. The molecule has 1 amide bonds. The largest absolute Gasteiger partial charge is 0.417 e. The molecule has 0 saturated carbocycles. The monoisotopic (exact) mass is 490 g/mol. The van der Waals surface area contributed by atoms with Crippen LogP contribution in [0, 0.1) is 0 Å². The van der Waals surface area contributed by atoms with E-state index in [1.807, 2.05) is 29.2 Å². The van der Waals surface area contributed by atoms with Gasteiger partial charge in [0, 0.05) is 49.5 Å². The van der Waals surface area contributed by atoms with Gasteiger partial charge in [0.15, 0.2) is 0 Å². The molecule has 1 aromatic heterocycles. The summed E-state index contributed by atoms with van der Waals surface area (Å²) in [7, 11) is 0. The molecule has 5 nitrogen and oxygen atoms in total. The third kappa shape index (κ3) is 4.79. The second-order valence-electron chi connectivity index (χ2n) is 9.22. The number of fused-ring (bicyclic) bond motifs is 2. The molecule has 0 N–H and O–H groups in total. The van der Waals surface area contributed by atoms with E-state index in [4.69, 9.17) is 11.6 Å². The molecule has 0 aliphatic carbocycles. The molecule has 2 saturated heterocycles. The molecule has 3 aliphatic rings. The van der Waals surface area contributed by atoms with Crippen LogP contribution < -0.4 is 4.90 Å². The Hall–Kier alpha value is -2.58. The highest BCUT2D eigenvalue weighted by molar-refractivity contribution is 6.30. The van der Waals surface area contributed by atoms with Crippen molar-refractivity contribution in [3.8, 4) is 0 Å². The molecule has 2 atom stereocenters. The number of aromatic nitrogens is 1. The molecule has 5 rings (SSSR count). The number of hydrogen-bond donors (Lipinski definition) is 0. The highest BCUT2D eigenvalue weighted by atomic mass is 35.5. The number of alkyl halides is 3. The van der Waals surface area contributed by atoms with Gasteiger partial charge in [-0.05, 0) is 54.7 Å². The topological polar surface area (TPSA) is 39.7 Å². The SMILES string of the molecule is O=C(CN1CC2CCC(C1)N2c1ccc(C(F)(F)F)cn1)N1CC=C(c2ccc(Cl)cc2)CC1. The van der Waals surface area contributed by atoms with E-state index in [-0.39, 0.29) is 18.0 Å². The maximum absolute atomic E-state index is 13.0. The van der Waals surface area contributed by atoms with Crippen molar-refractivity contribution in [2.24, 2.45) is 0 Å². The molecule has 0 spiro atoms. The van der Waals surface area contributed by atoms with Crippen molar-refractivity contribution >= 4 is 28.9 Å². The lowest BCUT2D eigenvalue weighted by molar-refractivity contribution is -0.137. The molecule has 2 fully saturated rings. The summed E-state index contributed by atoms with van der Waals surface area (Å²) >= 11 is 5.97. The number of rotatable bonds is 4. The number of nitrogens with zero attached hydrogens (tertiary/aromatic N) is 4. The molecule has 34 heavy (non-hydrogen) atoms. The Morgan fingerprint density at radius 3 is 2.32 bits per heavy atom. The molecule has 2 bridgehead atoms. The number of carbonyl (C=O) groups excluding carboxylic acids is 1. The third-order valence-electron chi connectivity index (χ3n) is 7.03. The fraction of sp³-hybridized carbons (Fsp3) is 0.440. The Kier molecular flexibility index (Phi) is 6.29. The van der Waals surface area contributed by atoms with E-state index in [1.54, 1.807) is 0 Å². The number of anilines is 1. The molecule has 2 aromatic rings. The number of pyridine rings is 1. The van der Waals surface area contributed by atoms with Gasteiger partial charge >= 0.3 is 6.18 Å². The average molecular weight is 491 g/mol. The van der Waals surface area contributed by atoms with Crippen LogP contribution in [0.1, 0.15) is 30.4 Å². The molecular weight excluding hydrogens is 465 g/mol. The van der Waals surface area contributed by atoms with Crippen molar-refractivity contribution in [1.82, 2.24) is 14.8 Å². The van der Waals surface area contributed by atoms with E-state index >= 15 is 0 Å². The molecular formula is C25H26ClF3N4O. The summed E-state index contributed by atoms with van der Waals surface area (Å²) in [6, 6.07) is 10.7. The standard InChI is InChI=1S/C25H26ClF3N4O/c26-20-4-1-17(2-5-20)18-9-11-32(12-10-18)24(34)16-31-14-21-6-7-22(15-31)33(21)23-8-3-19(13-30-23)25(27,28)29/h1-5,8-9,13,21-22H,6-7,10-12,14-16H2. The van der Waals surface area contributed by atoms with E-state index in [1.165, 1.54) is 11.6 Å². The second-order valence-corrected chi connectivity index (χ2v) is 9.65. The molecule has 9 heteroatoms. The van der Waals surface area contributed by atoms with Crippen molar-refractivity contribution in [2.45, 2.75) is 37.5 Å². The first-order chi connectivity index (χ1) is 16.3. The quantitative estimate of drug-likeness (QED) is 0.621. The molecule has 0 radical (unpaired) electrons. The fourth-order valence-corrected chi connectivity index (χ4v) is 5.44. The lowest BCUT2D eigenvalue weighted by Crippen LogP contribution is -2.56. The molecule has 4 heterocycles. The van der Waals surface area contributed by atoms with Crippen molar-refractivity contribution in [2.75, 3.05) is 37.6 Å². The van der Waals surface area contributed by atoms with Gasteiger partial charge in [-0.15, -0.1) is 0 Å². The molecule has 1 aromatic carbocycles. The van der Waals surface area contributed by atoms with Crippen LogP contribution >= 0.6 is 11.6 Å². The van der Waals surface area contributed by atoms with Crippen LogP contribution in [-0.2, 0) is 11.0 Å². The summed E-state index contributed by atoms with van der Waals surface area (Å²) in [5.74, 6) is 0.703. The van der Waals surface area contributed by atoms with Crippen molar-refractivity contribution in [3.05, 3.63) is 64.8 Å². The van der Waals surface area contributed by atoms with Crippen LogP contribution in [0.4, 0.5) is 19.0 Å². The predicted molar refractivity (Wildman–Crippen MR) is 126 cm³/mol. The molecule has 180 valence electrons. The predicted octanol–water partition coefficient (Wildman–Crippen LogP) is 4.72. The molecule has 2 unspecified atom stereocenters. The zero-order chi connectivity index (χ0) is 23.9. The number of piperazine rings is 1. The van der Waals surface area contributed by atoms with Gasteiger partial charge in [0.05, 0.1) is 12.1 Å². The zero-order valence-electron chi connectivity index (χ0n) is 18.6. The van der Waals surface area contributed by atoms with Gasteiger partial charge in [0.1, 0.15) is 5.82 Å². The summed E-state index contributed by atoms with van der Waals surface area (Å²) in [6.07, 6.45) is 1.36. The summed E-state index contributed by atoms with van der Waals surface area (Å²) in [5, 5.41) is 0.708. The minimum absolute atomic E-state index is 0.118. The number of carbonyl (C=O) groups is 1. The highest BCUT2D eigenvalue weighted by Crippen LogP contribution is 2.35. The van der Waals surface area contributed by atoms with Crippen LogP contribution in [0.25, 0.3) is 5.57 Å². The molecule has 3 aliphatic heterocycles. The summed E-state index contributed by atoms with van der Waals surface area (Å²) < 4.78 is 38.6. The highest BCUT2D eigenvalue weighted by Gasteiger charge is 2.41. The Morgan fingerprint density at radius 2 is 1.76 bits per heavy atom. The van der Waals surface area contributed by atoms with Crippen LogP contribution in [0.5, 0.6) is 0 Å². The van der Waals surface area contributed by atoms with Crippen molar-refractivity contribution in [1.29, 1.82) is 0 Å². The van der Waals surface area contributed by atoms with Crippen LogP contribution in [-0.4, -0.2) is 65.5 Å². The van der Waals surface area contributed by atoms with Crippen LogP contribution in [0.15, 0.2) is 48.7 Å². The number of benzene rings is 1. The minimum Gasteiger partial charge on any atom is -0.348 e. The van der Waals surface area contributed by atoms with Gasteiger partial charge in [0.2, 0.25) is 5.91 Å². The lowest BCUT2D eigenvalue weighted by atomic mass is 9.99. The van der Waals surface area contributed by atoms with E-state index in [2.05, 4.69) is 20.9 Å². The third-order valence-corrected chi connectivity index (χ3v) is 7.29. The smallest absolute Gasteiger partial charge is 0.348 e. The van der Waals surface area contributed by atoms with E-state index in [0.717, 1.165) is 37.1 Å².